The van der Waals surface area contributed by atoms with Crippen LogP contribution in [0.1, 0.15) is 23.0 Å². The smallest absolute Gasteiger partial charge is 0.359 e. The lowest BCUT2D eigenvalue weighted by Crippen LogP contribution is -2.28. The molecule has 6 heteroatoms. The van der Waals surface area contributed by atoms with E-state index in [4.69, 9.17) is 9.47 Å². The third-order valence-corrected chi connectivity index (χ3v) is 2.89. The molecule has 2 rings (SSSR count). The number of hydrogen-bond donors (Lipinski definition) is 0. The van der Waals surface area contributed by atoms with Crippen LogP contribution >= 0.6 is 0 Å². The van der Waals surface area contributed by atoms with Gasteiger partial charge in [-0.15, -0.1) is 0 Å². The predicted octanol–water partition coefficient (Wildman–Crippen LogP) is 0.786. The van der Waals surface area contributed by atoms with Gasteiger partial charge in [-0.25, -0.2) is 9.78 Å². The highest BCUT2D eigenvalue weighted by Crippen LogP contribution is 2.33. The first kappa shape index (κ1) is 12.3. The number of nitrogens with zero attached hydrogens (tertiary/aromatic N) is 2. The summed E-state index contributed by atoms with van der Waals surface area (Å²) < 4.78 is 9.74. The van der Waals surface area contributed by atoms with Crippen LogP contribution in [0.15, 0.2) is 6.07 Å². The van der Waals surface area contributed by atoms with Crippen molar-refractivity contribution in [3.63, 3.8) is 0 Å². The van der Waals surface area contributed by atoms with Crippen molar-refractivity contribution >= 4 is 17.6 Å². The summed E-state index contributed by atoms with van der Waals surface area (Å²) in [5, 5.41) is 0. The van der Waals surface area contributed by atoms with Crippen LogP contribution < -0.4 is 9.64 Å². The number of ether oxygens (including phenoxy) is 2. The van der Waals surface area contributed by atoms with E-state index < -0.39 is 5.97 Å². The molecule has 6 nitrogen and oxygen atoms in total. The van der Waals surface area contributed by atoms with Crippen molar-refractivity contribution < 1.29 is 19.1 Å². The van der Waals surface area contributed by atoms with Gasteiger partial charge in [0.2, 0.25) is 11.8 Å². The molecule has 1 aliphatic rings. The van der Waals surface area contributed by atoms with Crippen LogP contribution in [0.2, 0.25) is 0 Å². The van der Waals surface area contributed by atoms with E-state index in [2.05, 4.69) is 4.98 Å². The molecule has 1 aromatic heterocycles. The van der Waals surface area contributed by atoms with Crippen LogP contribution in [0.5, 0.6) is 5.88 Å². The Bertz CT molecular complexity index is 513. The van der Waals surface area contributed by atoms with E-state index in [-0.39, 0.29) is 11.6 Å². The van der Waals surface area contributed by atoms with Gasteiger partial charge in [-0.05, 0) is 12.0 Å². The van der Waals surface area contributed by atoms with Crippen LogP contribution in [0.4, 0.5) is 5.69 Å². The van der Waals surface area contributed by atoms with Crippen molar-refractivity contribution in [2.24, 2.45) is 0 Å². The van der Waals surface area contributed by atoms with E-state index in [0.717, 1.165) is 5.56 Å². The monoisotopic (exact) mass is 250 g/mol. The number of anilines is 1. The minimum absolute atomic E-state index is 0.120. The van der Waals surface area contributed by atoms with Gasteiger partial charge in [0, 0.05) is 19.5 Å². The summed E-state index contributed by atoms with van der Waals surface area (Å²) in [5.74, 6) is -0.344. The van der Waals surface area contributed by atoms with Crippen LogP contribution in [-0.2, 0) is 16.0 Å². The number of esters is 1. The summed E-state index contributed by atoms with van der Waals surface area (Å²) in [5.41, 5.74) is 1.53. The van der Waals surface area contributed by atoms with E-state index in [0.29, 0.717) is 24.5 Å². The number of carbonyl (C=O) groups excluding carboxylic acids is 2. The SMILES string of the molecule is COC(=O)c1nc(OC)cc2c1N(C(C)=O)CC2. The van der Waals surface area contributed by atoms with E-state index >= 15 is 0 Å². The number of fused-ring (bicyclic) bond motifs is 1. The number of hydrogen-bond acceptors (Lipinski definition) is 5. The molecule has 0 saturated heterocycles. The zero-order chi connectivity index (χ0) is 13.3. The maximum absolute atomic E-state index is 11.7. The topological polar surface area (TPSA) is 68.7 Å². The van der Waals surface area contributed by atoms with Gasteiger partial charge in [0.15, 0.2) is 5.69 Å². The summed E-state index contributed by atoms with van der Waals surface area (Å²) >= 11 is 0. The fourth-order valence-corrected chi connectivity index (χ4v) is 2.06. The Morgan fingerprint density at radius 3 is 2.67 bits per heavy atom. The maximum Gasteiger partial charge on any atom is 0.359 e. The van der Waals surface area contributed by atoms with Gasteiger partial charge in [0.1, 0.15) is 0 Å². The Balaban J connectivity index is 2.59. The summed E-state index contributed by atoms with van der Waals surface area (Å²) in [6.45, 7) is 2.00. The molecule has 0 atom stereocenters. The fourth-order valence-electron chi connectivity index (χ4n) is 2.06. The Morgan fingerprint density at radius 2 is 2.11 bits per heavy atom. The first-order valence-electron chi connectivity index (χ1n) is 5.52. The van der Waals surface area contributed by atoms with Gasteiger partial charge < -0.3 is 14.4 Å². The molecule has 0 saturated carbocycles. The van der Waals surface area contributed by atoms with Crippen LogP contribution in [0.3, 0.4) is 0 Å². The Labute approximate surface area is 105 Å². The summed E-state index contributed by atoms with van der Waals surface area (Å²) in [4.78, 5) is 28.9. The number of rotatable bonds is 2. The highest BCUT2D eigenvalue weighted by Gasteiger charge is 2.30. The molecule has 2 heterocycles. The Morgan fingerprint density at radius 1 is 1.39 bits per heavy atom. The molecule has 1 amide bonds. The second-order valence-corrected chi connectivity index (χ2v) is 3.93. The maximum atomic E-state index is 11.7. The zero-order valence-corrected chi connectivity index (χ0v) is 10.5. The molecule has 18 heavy (non-hydrogen) atoms. The first-order valence-corrected chi connectivity index (χ1v) is 5.52. The predicted molar refractivity (Wildman–Crippen MR) is 63.9 cm³/mol. The molecule has 0 bridgehead atoms. The largest absolute Gasteiger partial charge is 0.481 e. The van der Waals surface area contributed by atoms with E-state index in [1.54, 1.807) is 6.07 Å². The van der Waals surface area contributed by atoms with E-state index in [1.807, 2.05) is 0 Å². The fraction of sp³-hybridized carbons (Fsp3) is 0.417. The molecule has 96 valence electrons. The lowest BCUT2D eigenvalue weighted by atomic mass is 10.1. The summed E-state index contributed by atoms with van der Waals surface area (Å²) in [7, 11) is 2.76. The van der Waals surface area contributed by atoms with Gasteiger partial charge in [0.25, 0.3) is 0 Å². The molecule has 0 unspecified atom stereocenters. The summed E-state index contributed by atoms with van der Waals surface area (Å²) in [6, 6.07) is 1.74. The highest BCUT2D eigenvalue weighted by molar-refractivity contribution is 6.02. The second kappa shape index (κ2) is 4.64. The average Bonchev–Trinajstić information content (AvgIpc) is 2.80. The molecular formula is C12H14N2O4. The molecule has 1 aromatic rings. The lowest BCUT2D eigenvalue weighted by Gasteiger charge is -2.17. The van der Waals surface area contributed by atoms with Crippen molar-refractivity contribution in [2.45, 2.75) is 13.3 Å². The van der Waals surface area contributed by atoms with E-state index in [9.17, 15) is 9.59 Å². The van der Waals surface area contributed by atoms with Gasteiger partial charge in [-0.3, -0.25) is 4.79 Å². The Kier molecular flexibility index (Phi) is 3.18. The molecule has 0 aromatic carbocycles. The van der Waals surface area contributed by atoms with E-state index in [1.165, 1.54) is 26.0 Å². The number of amides is 1. The summed E-state index contributed by atoms with van der Waals surface area (Å²) in [6.07, 6.45) is 0.678. The number of methoxy groups -OCH3 is 2. The highest BCUT2D eigenvalue weighted by atomic mass is 16.5. The van der Waals surface area contributed by atoms with Crippen molar-refractivity contribution in [3.05, 3.63) is 17.3 Å². The van der Waals surface area contributed by atoms with Crippen molar-refractivity contribution in [2.75, 3.05) is 25.7 Å². The van der Waals surface area contributed by atoms with Gasteiger partial charge >= 0.3 is 5.97 Å². The van der Waals surface area contributed by atoms with Gasteiger partial charge in [-0.1, -0.05) is 0 Å². The quantitative estimate of drug-likeness (QED) is 0.726. The lowest BCUT2D eigenvalue weighted by molar-refractivity contribution is -0.116. The number of pyridine rings is 1. The average molecular weight is 250 g/mol. The van der Waals surface area contributed by atoms with Crippen molar-refractivity contribution in [1.82, 2.24) is 4.98 Å². The third kappa shape index (κ3) is 1.90. The van der Waals surface area contributed by atoms with Crippen LogP contribution in [-0.4, -0.2) is 37.6 Å². The minimum Gasteiger partial charge on any atom is -0.481 e. The van der Waals surface area contributed by atoms with Gasteiger partial charge in [-0.2, -0.15) is 0 Å². The minimum atomic E-state index is -0.571. The molecular weight excluding hydrogens is 236 g/mol. The Hall–Kier alpha value is -2.11. The molecule has 0 radical (unpaired) electrons. The van der Waals surface area contributed by atoms with Crippen LogP contribution in [0, 0.1) is 0 Å². The number of carbonyl (C=O) groups is 2. The molecule has 0 N–H and O–H groups in total. The standard InChI is InChI=1S/C12H14N2O4/c1-7(15)14-5-4-8-6-9(17-2)13-10(11(8)14)12(16)18-3/h6H,4-5H2,1-3H3. The molecule has 0 spiro atoms. The van der Waals surface area contributed by atoms with Gasteiger partial charge in [0.05, 0.1) is 19.9 Å². The zero-order valence-electron chi connectivity index (χ0n) is 10.5. The molecule has 0 fully saturated rings. The third-order valence-electron chi connectivity index (χ3n) is 2.89. The second-order valence-electron chi connectivity index (χ2n) is 3.93. The number of aromatic nitrogens is 1. The molecule has 1 aliphatic heterocycles. The first-order chi connectivity index (χ1) is 8.58. The van der Waals surface area contributed by atoms with Crippen LogP contribution in [0.25, 0.3) is 0 Å². The van der Waals surface area contributed by atoms with Crippen molar-refractivity contribution in [3.8, 4) is 5.88 Å². The molecule has 0 aliphatic carbocycles. The normalized spacial score (nSPS) is 13.2. The van der Waals surface area contributed by atoms with Crippen molar-refractivity contribution in [1.29, 1.82) is 0 Å².